The van der Waals surface area contributed by atoms with Crippen LogP contribution in [0.5, 0.6) is 0 Å². The fourth-order valence-electron chi connectivity index (χ4n) is 11.0. The second kappa shape index (κ2) is 7.20. The summed E-state index contributed by atoms with van der Waals surface area (Å²) in [6.45, 7) is 24.6. The molecule has 6 bridgehead atoms. The van der Waals surface area contributed by atoms with Gasteiger partial charge >= 0.3 is 0 Å². The maximum Gasteiger partial charge on any atom is 0.0286 e. The van der Waals surface area contributed by atoms with Gasteiger partial charge in [0.25, 0.3) is 0 Å². The minimum absolute atomic E-state index is 0.221. The van der Waals surface area contributed by atoms with Gasteiger partial charge in [-0.3, -0.25) is 0 Å². The fraction of sp³-hybridized carbons (Fsp3) is 1.00. The van der Waals surface area contributed by atoms with Crippen molar-refractivity contribution in [2.45, 2.75) is 149 Å². The average molecular weight is 457 g/mol. The van der Waals surface area contributed by atoms with Crippen molar-refractivity contribution in [1.82, 2.24) is 20.0 Å². The Morgan fingerprint density at radius 1 is 0.515 bits per heavy atom. The van der Waals surface area contributed by atoms with Crippen LogP contribution < -0.4 is 0 Å². The van der Waals surface area contributed by atoms with Crippen molar-refractivity contribution in [2.24, 2.45) is 35.5 Å². The monoisotopic (exact) mass is 456 g/mol. The molecule has 4 aliphatic heterocycles. The van der Waals surface area contributed by atoms with Crippen molar-refractivity contribution in [3.8, 4) is 0 Å². The smallest absolute Gasteiger partial charge is 0.0286 e. The summed E-state index contributed by atoms with van der Waals surface area (Å²) in [5.74, 6) is 5.72. The third-order valence-electron chi connectivity index (χ3n) is 10.9. The standard InChI is InChI=1S/C29H52N4/c1-16(2)30-20-11-13-22(32(30)28(5,6)7)26-19-15-18(24(20)26)27-23-14-12-21(25(19)27)31(17(3)4)33(23)29(8,9)10/h16-27H,11-15H2,1-10H3/t18-,19-,20+,21+,22-,23-,24-,25-,26+,27+/m0/s1. The molecule has 0 aromatic rings. The van der Waals surface area contributed by atoms with Gasteiger partial charge in [0, 0.05) is 47.3 Å². The van der Waals surface area contributed by atoms with E-state index in [9.17, 15) is 0 Å². The Balaban J connectivity index is 1.41. The summed E-state index contributed by atoms with van der Waals surface area (Å²) in [6, 6.07) is 4.31. The molecule has 0 radical (unpaired) electrons. The summed E-state index contributed by atoms with van der Waals surface area (Å²) in [5, 5.41) is 11.6. The van der Waals surface area contributed by atoms with Crippen molar-refractivity contribution in [2.75, 3.05) is 0 Å². The highest BCUT2D eigenvalue weighted by atomic mass is 15.7. The summed E-state index contributed by atoms with van der Waals surface area (Å²) in [5.41, 5.74) is 0.441. The van der Waals surface area contributed by atoms with E-state index in [0.717, 1.165) is 59.7 Å². The zero-order chi connectivity index (χ0) is 23.8. The molecular formula is C29H52N4. The van der Waals surface area contributed by atoms with Gasteiger partial charge in [0.1, 0.15) is 0 Å². The predicted octanol–water partition coefficient (Wildman–Crippen LogP) is 5.64. The Labute approximate surface area is 204 Å². The Morgan fingerprint density at radius 3 is 1.12 bits per heavy atom. The molecule has 0 aromatic heterocycles. The van der Waals surface area contributed by atoms with Crippen molar-refractivity contribution in [1.29, 1.82) is 0 Å². The summed E-state index contributed by atoms with van der Waals surface area (Å²) in [6.07, 6.45) is 7.28. The van der Waals surface area contributed by atoms with Crippen LogP contribution in [0.2, 0.25) is 0 Å². The molecule has 33 heavy (non-hydrogen) atoms. The first kappa shape index (κ1) is 23.3. The lowest BCUT2D eigenvalue weighted by Crippen LogP contribution is -2.79. The topological polar surface area (TPSA) is 13.0 Å². The molecule has 0 unspecified atom stereocenters. The molecule has 4 saturated heterocycles. The number of hydrogen-bond acceptors (Lipinski definition) is 4. The number of hydrogen-bond donors (Lipinski definition) is 0. The van der Waals surface area contributed by atoms with Gasteiger partial charge < -0.3 is 0 Å². The number of nitrogens with zero attached hydrogens (tertiary/aromatic N) is 4. The number of rotatable bonds is 2. The van der Waals surface area contributed by atoms with Crippen molar-refractivity contribution in [3.63, 3.8) is 0 Å². The lowest BCUT2D eigenvalue weighted by atomic mass is 9.52. The van der Waals surface area contributed by atoms with Gasteiger partial charge in [-0.1, -0.05) is 0 Å². The first-order valence-electron chi connectivity index (χ1n) is 14.5. The summed E-state index contributed by atoms with van der Waals surface area (Å²) >= 11 is 0. The lowest BCUT2D eigenvalue weighted by Gasteiger charge is -2.71. The molecule has 4 heteroatoms. The van der Waals surface area contributed by atoms with E-state index in [1.807, 2.05) is 0 Å². The first-order chi connectivity index (χ1) is 15.3. The van der Waals surface area contributed by atoms with Gasteiger partial charge in [0.2, 0.25) is 0 Å². The van der Waals surface area contributed by atoms with Gasteiger partial charge in [-0.15, -0.1) is 0 Å². The predicted molar refractivity (Wildman–Crippen MR) is 136 cm³/mol. The molecule has 0 aromatic carbocycles. The Hall–Kier alpha value is -0.160. The van der Waals surface area contributed by atoms with E-state index in [1.165, 1.54) is 25.7 Å². The highest BCUT2D eigenvalue weighted by Crippen LogP contribution is 2.71. The quantitative estimate of drug-likeness (QED) is 0.533. The molecule has 4 heterocycles. The molecule has 188 valence electrons. The molecule has 0 amide bonds. The minimum atomic E-state index is 0.221. The molecule has 8 aliphatic rings. The van der Waals surface area contributed by atoms with Crippen LogP contribution in [0.4, 0.5) is 0 Å². The third-order valence-corrected chi connectivity index (χ3v) is 10.9. The molecule has 4 nitrogen and oxygen atoms in total. The molecule has 4 aliphatic carbocycles. The lowest BCUT2D eigenvalue weighted by molar-refractivity contribution is -0.302. The van der Waals surface area contributed by atoms with E-state index >= 15 is 0 Å². The maximum atomic E-state index is 2.91. The van der Waals surface area contributed by atoms with E-state index in [0.29, 0.717) is 12.1 Å². The van der Waals surface area contributed by atoms with Crippen LogP contribution in [0, 0.1) is 35.5 Å². The zero-order valence-electron chi connectivity index (χ0n) is 23.3. The van der Waals surface area contributed by atoms with Crippen LogP contribution in [0.3, 0.4) is 0 Å². The molecule has 8 rings (SSSR count). The van der Waals surface area contributed by atoms with Crippen LogP contribution in [0.1, 0.15) is 101 Å². The van der Waals surface area contributed by atoms with Crippen LogP contribution in [0.25, 0.3) is 0 Å². The molecule has 4 saturated carbocycles. The molecular weight excluding hydrogens is 404 g/mol. The largest absolute Gasteiger partial charge is 0.235 e. The molecule has 10 atom stereocenters. The Morgan fingerprint density at radius 2 is 0.818 bits per heavy atom. The third kappa shape index (κ3) is 2.96. The molecule has 0 spiro atoms. The normalized spacial score (nSPS) is 48.4. The van der Waals surface area contributed by atoms with Gasteiger partial charge in [-0.2, -0.15) is 0 Å². The molecule has 0 N–H and O–H groups in total. The Bertz CT molecular complexity index is 713. The van der Waals surface area contributed by atoms with E-state index in [2.05, 4.69) is 89.3 Å². The maximum absolute atomic E-state index is 2.91. The van der Waals surface area contributed by atoms with Crippen molar-refractivity contribution >= 4 is 0 Å². The van der Waals surface area contributed by atoms with Crippen molar-refractivity contribution < 1.29 is 0 Å². The van der Waals surface area contributed by atoms with Gasteiger partial charge in [0.15, 0.2) is 0 Å². The van der Waals surface area contributed by atoms with Crippen molar-refractivity contribution in [3.05, 3.63) is 0 Å². The summed E-state index contributed by atoms with van der Waals surface area (Å²) in [7, 11) is 0. The van der Waals surface area contributed by atoms with E-state index in [4.69, 9.17) is 0 Å². The number of hydrazine groups is 2. The molecule has 8 fully saturated rings. The van der Waals surface area contributed by atoms with E-state index in [-0.39, 0.29) is 11.1 Å². The summed E-state index contributed by atoms with van der Waals surface area (Å²) < 4.78 is 0. The van der Waals surface area contributed by atoms with Crippen LogP contribution >= 0.6 is 0 Å². The van der Waals surface area contributed by atoms with Crippen LogP contribution in [-0.4, -0.2) is 67.4 Å². The second-order valence-electron chi connectivity index (χ2n) is 15.3. The van der Waals surface area contributed by atoms with E-state index < -0.39 is 0 Å². The average Bonchev–Trinajstić information content (AvgIpc) is 3.32. The van der Waals surface area contributed by atoms with Crippen LogP contribution in [0.15, 0.2) is 0 Å². The highest BCUT2D eigenvalue weighted by Gasteiger charge is 2.73. The highest BCUT2D eigenvalue weighted by molar-refractivity contribution is 5.22. The van der Waals surface area contributed by atoms with E-state index in [1.54, 1.807) is 6.42 Å². The SMILES string of the molecule is CC(C)N1[C@@H]2CC[C@@H]([C@H]3[C@H]4C[C@@H]([C@H]32)[C@H]2[C@@H]4[C@H]3CC[C@@H]2N(C(C)(C)C)N3C(C)C)N1C(C)(C)C. The second-order valence-corrected chi connectivity index (χ2v) is 15.3. The van der Waals surface area contributed by atoms with Gasteiger partial charge in [-0.05, 0) is 137 Å². The van der Waals surface area contributed by atoms with Gasteiger partial charge in [0.05, 0.1) is 0 Å². The number of fused-ring (bicyclic) bond motifs is 6. The fourth-order valence-corrected chi connectivity index (χ4v) is 11.0. The minimum Gasteiger partial charge on any atom is -0.235 e. The Kier molecular flexibility index (Phi) is 5.08. The zero-order valence-corrected chi connectivity index (χ0v) is 23.3. The summed E-state index contributed by atoms with van der Waals surface area (Å²) in [4.78, 5) is 0. The van der Waals surface area contributed by atoms with Crippen LogP contribution in [-0.2, 0) is 0 Å². The van der Waals surface area contributed by atoms with Gasteiger partial charge in [-0.25, -0.2) is 20.0 Å². The first-order valence-corrected chi connectivity index (χ1v) is 14.5.